The maximum atomic E-state index is 9.50. The van der Waals surface area contributed by atoms with Crippen LogP contribution in [0.4, 0.5) is 0 Å². The zero-order valence-corrected chi connectivity index (χ0v) is 13.5. The van der Waals surface area contributed by atoms with Crippen LogP contribution in [0, 0.1) is 0 Å². The van der Waals surface area contributed by atoms with Crippen LogP contribution in [0.15, 0.2) is 24.3 Å². The molecule has 0 heterocycles. The van der Waals surface area contributed by atoms with Gasteiger partial charge >= 0.3 is 0 Å². The first-order valence-electron chi connectivity index (χ1n) is 6.66. The number of halogens is 1. The Bertz CT molecular complexity index is 386. The van der Waals surface area contributed by atoms with Crippen molar-refractivity contribution in [2.75, 3.05) is 12.4 Å². The molecule has 0 fully saturated rings. The highest BCUT2D eigenvalue weighted by atomic mass is 35.5. The molecule has 1 aromatic carbocycles. The van der Waals surface area contributed by atoms with Crippen LogP contribution in [0.1, 0.15) is 32.8 Å². The number of benzene rings is 1. The maximum absolute atomic E-state index is 9.50. The lowest BCUT2D eigenvalue weighted by atomic mass is 9.99. The molecule has 0 bridgehead atoms. The van der Waals surface area contributed by atoms with Gasteiger partial charge in [0.1, 0.15) is 0 Å². The zero-order chi connectivity index (χ0) is 14.3. The van der Waals surface area contributed by atoms with E-state index in [0.717, 1.165) is 22.9 Å². The van der Waals surface area contributed by atoms with E-state index in [2.05, 4.69) is 32.2 Å². The van der Waals surface area contributed by atoms with Crippen molar-refractivity contribution in [1.29, 1.82) is 0 Å². The maximum Gasteiger partial charge on any atom is 0.0610 e. The fourth-order valence-electron chi connectivity index (χ4n) is 1.99. The number of aliphatic hydroxyl groups excluding tert-OH is 1. The minimum absolute atomic E-state index is 0.165. The molecular formula is C15H24ClNOS. The number of aliphatic hydroxyl groups is 1. The molecule has 0 radical (unpaired) electrons. The summed E-state index contributed by atoms with van der Waals surface area (Å²) in [5.41, 5.74) is 0.985. The van der Waals surface area contributed by atoms with Gasteiger partial charge in [0.15, 0.2) is 0 Å². The smallest absolute Gasteiger partial charge is 0.0610 e. The summed E-state index contributed by atoms with van der Waals surface area (Å²) in [6, 6.07) is 8.33. The largest absolute Gasteiger partial charge is 0.394 e. The Labute approximate surface area is 125 Å². The molecule has 0 amide bonds. The third kappa shape index (κ3) is 6.17. The van der Waals surface area contributed by atoms with Crippen molar-refractivity contribution in [1.82, 2.24) is 5.32 Å². The predicted octanol–water partition coefficient (Wildman–Crippen LogP) is 3.71. The van der Waals surface area contributed by atoms with Gasteiger partial charge in [-0.2, -0.15) is 11.8 Å². The molecule has 0 saturated heterocycles. The Morgan fingerprint density at radius 2 is 2.05 bits per heavy atom. The zero-order valence-electron chi connectivity index (χ0n) is 11.9. The summed E-state index contributed by atoms with van der Waals surface area (Å²) in [6.45, 7) is 6.44. The molecule has 0 aliphatic rings. The van der Waals surface area contributed by atoms with Gasteiger partial charge in [0.05, 0.1) is 6.61 Å². The highest BCUT2D eigenvalue weighted by molar-refractivity contribution is 7.98. The van der Waals surface area contributed by atoms with Gasteiger partial charge in [0.2, 0.25) is 0 Å². The molecule has 0 saturated carbocycles. The molecule has 1 unspecified atom stereocenters. The first-order valence-corrected chi connectivity index (χ1v) is 8.20. The molecule has 0 aromatic heterocycles. The minimum Gasteiger partial charge on any atom is -0.394 e. The van der Waals surface area contributed by atoms with Crippen LogP contribution >= 0.6 is 23.4 Å². The molecule has 2 nitrogen and oxygen atoms in total. The third-order valence-corrected chi connectivity index (χ3v) is 4.38. The molecule has 2 N–H and O–H groups in total. The first kappa shape index (κ1) is 16.8. The van der Waals surface area contributed by atoms with Crippen molar-refractivity contribution < 1.29 is 5.11 Å². The fourth-order valence-corrected chi connectivity index (χ4v) is 3.48. The van der Waals surface area contributed by atoms with Crippen LogP contribution in [0.5, 0.6) is 0 Å². The van der Waals surface area contributed by atoms with E-state index in [9.17, 15) is 5.11 Å². The van der Waals surface area contributed by atoms with Gasteiger partial charge in [0, 0.05) is 22.4 Å². The van der Waals surface area contributed by atoms with Gasteiger partial charge in [-0.3, -0.25) is 0 Å². The summed E-state index contributed by atoms with van der Waals surface area (Å²) < 4.78 is 0. The Kier molecular flexibility index (Phi) is 7.22. The molecule has 4 heteroatoms. The number of hydrogen-bond acceptors (Lipinski definition) is 3. The molecule has 0 aliphatic heterocycles. The lowest BCUT2D eigenvalue weighted by molar-refractivity contribution is 0.162. The van der Waals surface area contributed by atoms with Gasteiger partial charge in [0.25, 0.3) is 0 Å². The van der Waals surface area contributed by atoms with Gasteiger partial charge in [-0.15, -0.1) is 0 Å². The second-order valence-corrected chi connectivity index (χ2v) is 6.92. The quantitative estimate of drug-likeness (QED) is 0.718. The molecule has 1 atom stereocenters. The van der Waals surface area contributed by atoms with Crippen LogP contribution in [-0.4, -0.2) is 29.0 Å². The molecular weight excluding hydrogens is 278 g/mol. The van der Waals surface area contributed by atoms with Gasteiger partial charge in [-0.05, 0) is 30.7 Å². The van der Waals surface area contributed by atoms with Crippen molar-refractivity contribution >= 4 is 23.4 Å². The Morgan fingerprint density at radius 1 is 1.37 bits per heavy atom. The van der Waals surface area contributed by atoms with E-state index >= 15 is 0 Å². The predicted molar refractivity (Wildman–Crippen MR) is 86.0 cm³/mol. The van der Waals surface area contributed by atoms with Crippen LogP contribution < -0.4 is 5.32 Å². The normalized spacial score (nSPS) is 14.6. The van der Waals surface area contributed by atoms with E-state index in [4.69, 9.17) is 11.6 Å². The summed E-state index contributed by atoms with van der Waals surface area (Å²) in [7, 11) is 0. The Balaban J connectivity index is 2.35. The average molecular weight is 302 g/mol. The van der Waals surface area contributed by atoms with E-state index < -0.39 is 0 Å². The van der Waals surface area contributed by atoms with Crippen molar-refractivity contribution in [3.05, 3.63) is 34.9 Å². The van der Waals surface area contributed by atoms with Crippen LogP contribution in [0.2, 0.25) is 5.02 Å². The highest BCUT2D eigenvalue weighted by Gasteiger charge is 2.23. The SMILES string of the molecule is CC(C)NC(C)(CO)CCSCc1ccccc1Cl. The fraction of sp³-hybridized carbons (Fsp3) is 0.600. The lowest BCUT2D eigenvalue weighted by Gasteiger charge is -2.31. The van der Waals surface area contributed by atoms with Crippen molar-refractivity contribution in [3.63, 3.8) is 0 Å². The summed E-state index contributed by atoms with van der Waals surface area (Å²) in [5, 5.41) is 13.8. The monoisotopic (exact) mass is 301 g/mol. The van der Waals surface area contributed by atoms with E-state index in [1.54, 1.807) is 0 Å². The van der Waals surface area contributed by atoms with Crippen molar-refractivity contribution in [3.8, 4) is 0 Å². The molecule has 108 valence electrons. The molecule has 0 spiro atoms. The summed E-state index contributed by atoms with van der Waals surface area (Å²) in [5.74, 6) is 1.92. The Hall–Kier alpha value is -0.220. The second-order valence-electron chi connectivity index (χ2n) is 5.41. The third-order valence-electron chi connectivity index (χ3n) is 3.00. The lowest BCUT2D eigenvalue weighted by Crippen LogP contribution is -2.49. The molecule has 1 rings (SSSR count). The average Bonchev–Trinajstić information content (AvgIpc) is 2.36. The van der Waals surface area contributed by atoms with Gasteiger partial charge < -0.3 is 10.4 Å². The number of nitrogens with one attached hydrogen (secondary N) is 1. The highest BCUT2D eigenvalue weighted by Crippen LogP contribution is 2.23. The second kappa shape index (κ2) is 8.15. The van der Waals surface area contributed by atoms with Crippen molar-refractivity contribution in [2.45, 2.75) is 44.5 Å². The molecule has 19 heavy (non-hydrogen) atoms. The van der Waals surface area contributed by atoms with Crippen LogP contribution in [0.3, 0.4) is 0 Å². The molecule has 0 aliphatic carbocycles. The van der Waals surface area contributed by atoms with Crippen LogP contribution in [-0.2, 0) is 5.75 Å². The molecule has 1 aromatic rings. The van der Waals surface area contributed by atoms with Gasteiger partial charge in [-0.25, -0.2) is 0 Å². The summed E-state index contributed by atoms with van der Waals surface area (Å²) >= 11 is 7.98. The number of hydrogen-bond donors (Lipinski definition) is 2. The van der Waals surface area contributed by atoms with E-state index in [-0.39, 0.29) is 12.1 Å². The first-order chi connectivity index (χ1) is 8.97. The number of thioether (sulfide) groups is 1. The van der Waals surface area contributed by atoms with Gasteiger partial charge in [-0.1, -0.05) is 43.6 Å². The topological polar surface area (TPSA) is 32.3 Å². The minimum atomic E-state index is -0.193. The van der Waals surface area contributed by atoms with Crippen molar-refractivity contribution in [2.24, 2.45) is 0 Å². The van der Waals surface area contributed by atoms with E-state index in [1.165, 1.54) is 5.56 Å². The van der Waals surface area contributed by atoms with E-state index in [0.29, 0.717) is 6.04 Å². The van der Waals surface area contributed by atoms with Crippen LogP contribution in [0.25, 0.3) is 0 Å². The Morgan fingerprint density at radius 3 is 2.63 bits per heavy atom. The summed E-state index contributed by atoms with van der Waals surface area (Å²) in [4.78, 5) is 0. The van der Waals surface area contributed by atoms with E-state index in [1.807, 2.05) is 30.0 Å². The standard InChI is InChI=1S/C15H24ClNOS/c1-12(2)17-15(3,11-18)8-9-19-10-13-6-4-5-7-14(13)16/h4-7,12,17-18H,8-11H2,1-3H3. The number of rotatable bonds is 8. The summed E-state index contributed by atoms with van der Waals surface area (Å²) in [6.07, 6.45) is 0.941.